The van der Waals surface area contributed by atoms with E-state index in [0.717, 1.165) is 11.3 Å². The summed E-state index contributed by atoms with van der Waals surface area (Å²) >= 11 is 0. The van der Waals surface area contributed by atoms with Gasteiger partial charge in [-0.25, -0.2) is 4.68 Å². The van der Waals surface area contributed by atoms with E-state index in [0.29, 0.717) is 24.4 Å². The third-order valence-corrected chi connectivity index (χ3v) is 4.26. The van der Waals surface area contributed by atoms with Crippen molar-refractivity contribution in [2.45, 2.75) is 6.54 Å². The molecule has 1 aliphatic rings. The summed E-state index contributed by atoms with van der Waals surface area (Å²) in [6, 6.07) is 19.2. The Morgan fingerprint density at radius 2 is 1.85 bits per heavy atom. The molecule has 2 heterocycles. The number of hydrogen-bond donors (Lipinski definition) is 0. The van der Waals surface area contributed by atoms with Crippen molar-refractivity contribution in [3.8, 4) is 5.69 Å². The summed E-state index contributed by atoms with van der Waals surface area (Å²) in [5, 5.41) is 4.27. The molecule has 3 aromatic rings. The summed E-state index contributed by atoms with van der Waals surface area (Å²) in [6.07, 6.45) is 5.08. The molecule has 0 spiro atoms. The highest BCUT2D eigenvalue weighted by molar-refractivity contribution is 5.97. The summed E-state index contributed by atoms with van der Waals surface area (Å²) in [5.41, 5.74) is 2.36. The molecule has 27 heavy (non-hydrogen) atoms. The van der Waals surface area contributed by atoms with E-state index < -0.39 is 0 Å². The van der Waals surface area contributed by atoms with Gasteiger partial charge in [0.25, 0.3) is 5.91 Å². The summed E-state index contributed by atoms with van der Waals surface area (Å²) < 4.78 is 12.3. The number of carbonyl (C=O) groups excluding carboxylic acids is 1. The number of aromatic nitrogens is 2. The van der Waals surface area contributed by atoms with E-state index in [2.05, 4.69) is 5.10 Å². The highest BCUT2D eigenvalue weighted by Gasteiger charge is 2.23. The molecule has 0 fully saturated rings. The Morgan fingerprint density at radius 3 is 2.59 bits per heavy atom. The van der Waals surface area contributed by atoms with Crippen molar-refractivity contribution in [2.24, 2.45) is 0 Å². The third-order valence-electron chi connectivity index (χ3n) is 4.26. The van der Waals surface area contributed by atoms with E-state index in [1.165, 1.54) is 0 Å². The lowest BCUT2D eigenvalue weighted by atomic mass is 10.1. The fourth-order valence-electron chi connectivity index (χ4n) is 2.98. The molecular weight excluding hydrogens is 342 g/mol. The second-order valence-electron chi connectivity index (χ2n) is 6.13. The number of nitrogens with zero attached hydrogens (tertiary/aromatic N) is 3. The molecule has 0 unspecified atom stereocenters. The number of ether oxygens (including phenoxy) is 2. The quantitative estimate of drug-likeness (QED) is 0.676. The van der Waals surface area contributed by atoms with Crippen molar-refractivity contribution >= 4 is 5.91 Å². The van der Waals surface area contributed by atoms with Crippen molar-refractivity contribution in [3.05, 3.63) is 96.2 Å². The normalized spacial score (nSPS) is 12.8. The van der Waals surface area contributed by atoms with Crippen LogP contribution in [0.15, 0.2) is 85.1 Å². The fourth-order valence-corrected chi connectivity index (χ4v) is 2.98. The van der Waals surface area contributed by atoms with Crippen LogP contribution in [0.5, 0.6) is 0 Å². The zero-order valence-electron chi connectivity index (χ0n) is 14.7. The molecule has 2 aromatic carbocycles. The predicted molar refractivity (Wildman–Crippen MR) is 99.9 cm³/mol. The monoisotopic (exact) mass is 361 g/mol. The zero-order chi connectivity index (χ0) is 18.5. The van der Waals surface area contributed by atoms with Gasteiger partial charge in [-0.1, -0.05) is 42.5 Å². The van der Waals surface area contributed by atoms with Crippen molar-refractivity contribution in [1.82, 2.24) is 14.7 Å². The van der Waals surface area contributed by atoms with Gasteiger partial charge >= 0.3 is 0 Å². The van der Waals surface area contributed by atoms with E-state index in [-0.39, 0.29) is 12.7 Å². The standard InChI is InChI=1S/C21H19N3O3/c25-21(19-9-4-5-10-20(19)24-12-6-11-22-24)23(14-18-15-26-16-27-18)13-17-7-2-1-3-8-17/h1-12,15H,13-14,16H2. The Labute approximate surface area is 157 Å². The number of carbonyl (C=O) groups is 1. The first kappa shape index (κ1) is 16.9. The lowest BCUT2D eigenvalue weighted by Crippen LogP contribution is -2.33. The molecule has 0 atom stereocenters. The minimum Gasteiger partial charge on any atom is -0.462 e. The molecule has 4 rings (SSSR count). The van der Waals surface area contributed by atoms with Crippen LogP contribution in [0.1, 0.15) is 15.9 Å². The average Bonchev–Trinajstić information content (AvgIpc) is 3.42. The van der Waals surface area contributed by atoms with Crippen LogP contribution in [0, 0.1) is 0 Å². The molecule has 0 saturated carbocycles. The van der Waals surface area contributed by atoms with E-state index in [4.69, 9.17) is 9.47 Å². The topological polar surface area (TPSA) is 56.6 Å². The van der Waals surface area contributed by atoms with Gasteiger partial charge in [0.1, 0.15) is 6.26 Å². The molecule has 6 nitrogen and oxygen atoms in total. The van der Waals surface area contributed by atoms with Gasteiger partial charge in [-0.15, -0.1) is 0 Å². The van der Waals surface area contributed by atoms with Crippen LogP contribution in [-0.2, 0) is 16.0 Å². The second-order valence-corrected chi connectivity index (χ2v) is 6.13. The molecule has 0 saturated heterocycles. The third kappa shape index (κ3) is 3.84. The van der Waals surface area contributed by atoms with E-state index in [1.807, 2.05) is 66.9 Å². The van der Waals surface area contributed by atoms with Crippen LogP contribution in [0.25, 0.3) is 5.69 Å². The maximum atomic E-state index is 13.4. The number of rotatable bonds is 6. The fraction of sp³-hybridized carbons (Fsp3) is 0.143. The van der Waals surface area contributed by atoms with Gasteiger partial charge in [0.05, 0.1) is 17.8 Å². The smallest absolute Gasteiger partial charge is 0.256 e. The van der Waals surface area contributed by atoms with E-state index >= 15 is 0 Å². The zero-order valence-corrected chi connectivity index (χ0v) is 14.7. The molecule has 1 aliphatic heterocycles. The molecule has 6 heteroatoms. The first-order valence-electron chi connectivity index (χ1n) is 8.67. The van der Waals surface area contributed by atoms with Crippen LogP contribution < -0.4 is 0 Å². The number of para-hydroxylation sites is 1. The summed E-state index contributed by atoms with van der Waals surface area (Å²) in [5.74, 6) is 0.539. The molecule has 0 aliphatic carbocycles. The van der Waals surface area contributed by atoms with Gasteiger partial charge in [0.2, 0.25) is 6.79 Å². The summed E-state index contributed by atoms with van der Waals surface area (Å²) in [7, 11) is 0. The molecule has 0 N–H and O–H groups in total. The van der Waals surface area contributed by atoms with Crippen LogP contribution in [-0.4, -0.2) is 33.9 Å². The van der Waals surface area contributed by atoms with Gasteiger partial charge in [0.15, 0.2) is 5.76 Å². The van der Waals surface area contributed by atoms with Gasteiger partial charge < -0.3 is 14.4 Å². The van der Waals surface area contributed by atoms with Gasteiger partial charge in [-0.2, -0.15) is 5.10 Å². The van der Waals surface area contributed by atoms with Crippen molar-refractivity contribution < 1.29 is 14.3 Å². The predicted octanol–water partition coefficient (Wildman–Crippen LogP) is 3.36. The maximum Gasteiger partial charge on any atom is 0.256 e. The first-order valence-corrected chi connectivity index (χ1v) is 8.67. The molecule has 1 aromatic heterocycles. The molecule has 136 valence electrons. The van der Waals surface area contributed by atoms with Crippen molar-refractivity contribution in [2.75, 3.05) is 13.3 Å². The Bertz CT molecular complexity index is 936. The maximum absolute atomic E-state index is 13.4. The minimum absolute atomic E-state index is 0.0960. The summed E-state index contributed by atoms with van der Waals surface area (Å²) in [6.45, 7) is 0.988. The van der Waals surface area contributed by atoms with E-state index in [9.17, 15) is 4.79 Å². The Morgan fingerprint density at radius 1 is 1.04 bits per heavy atom. The second kappa shape index (κ2) is 7.78. The highest BCUT2D eigenvalue weighted by atomic mass is 16.7. The molecule has 0 radical (unpaired) electrons. The van der Waals surface area contributed by atoms with Crippen molar-refractivity contribution in [1.29, 1.82) is 0 Å². The highest BCUT2D eigenvalue weighted by Crippen LogP contribution is 2.19. The van der Waals surface area contributed by atoms with E-state index in [1.54, 1.807) is 22.0 Å². The van der Waals surface area contributed by atoms with Crippen LogP contribution in [0.2, 0.25) is 0 Å². The Kier molecular flexibility index (Phi) is 4.87. The molecular formula is C21H19N3O3. The first-order chi connectivity index (χ1) is 13.3. The SMILES string of the molecule is O=C(c1ccccc1-n1cccn1)N(CC1=COCO1)Cc1ccccc1. The number of benzene rings is 2. The summed E-state index contributed by atoms with van der Waals surface area (Å²) in [4.78, 5) is 15.2. The van der Waals surface area contributed by atoms with Gasteiger partial charge in [0, 0.05) is 18.9 Å². The lowest BCUT2D eigenvalue weighted by molar-refractivity contribution is 0.0611. The molecule has 0 bridgehead atoms. The Hall–Kier alpha value is -3.54. The number of hydrogen-bond acceptors (Lipinski definition) is 4. The van der Waals surface area contributed by atoms with Crippen LogP contribution >= 0.6 is 0 Å². The van der Waals surface area contributed by atoms with Crippen LogP contribution in [0.4, 0.5) is 0 Å². The number of amides is 1. The average molecular weight is 361 g/mol. The largest absolute Gasteiger partial charge is 0.462 e. The minimum atomic E-state index is -0.0960. The van der Waals surface area contributed by atoms with Crippen LogP contribution in [0.3, 0.4) is 0 Å². The van der Waals surface area contributed by atoms with Gasteiger partial charge in [-0.3, -0.25) is 4.79 Å². The van der Waals surface area contributed by atoms with Crippen molar-refractivity contribution in [3.63, 3.8) is 0 Å². The lowest BCUT2D eigenvalue weighted by Gasteiger charge is -2.24. The molecule has 1 amide bonds. The van der Waals surface area contributed by atoms with Gasteiger partial charge in [-0.05, 0) is 23.8 Å². The Balaban J connectivity index is 1.66.